The molecule has 0 aromatic rings. The average molecular weight is 172 g/mol. The van der Waals surface area contributed by atoms with E-state index in [4.69, 9.17) is 10.5 Å². The minimum Gasteiger partial charge on any atom is -0.376 e. The number of nitrogens with two attached hydrogens (primary N) is 1. The smallest absolute Gasteiger partial charge is 0.0763 e. The van der Waals surface area contributed by atoms with Gasteiger partial charge in [-0.25, -0.2) is 0 Å². The molecule has 0 spiro atoms. The van der Waals surface area contributed by atoms with Crippen molar-refractivity contribution in [2.75, 3.05) is 19.7 Å². The van der Waals surface area contributed by atoms with E-state index in [0.717, 1.165) is 32.5 Å². The van der Waals surface area contributed by atoms with Gasteiger partial charge in [0.05, 0.1) is 6.10 Å². The monoisotopic (exact) mass is 172 g/mol. The number of rotatable bonds is 4. The molecule has 12 heavy (non-hydrogen) atoms. The summed E-state index contributed by atoms with van der Waals surface area (Å²) in [6.07, 6.45) is 2.45. The fourth-order valence-electron chi connectivity index (χ4n) is 1.60. The first kappa shape index (κ1) is 9.96. The first-order chi connectivity index (χ1) is 5.67. The first-order valence-corrected chi connectivity index (χ1v) is 4.73. The Labute approximate surface area is 74.7 Å². The Balaban J connectivity index is 2.22. The van der Waals surface area contributed by atoms with Crippen LogP contribution in [0.15, 0.2) is 0 Å². The standard InChI is InChI=1S/C9H20N2O/c1-9(2)8(4-6-11-9)12-7-3-5-10/h8,11H,3-7,10H2,1-2H3. The van der Waals surface area contributed by atoms with Crippen LogP contribution in [-0.4, -0.2) is 31.3 Å². The Bertz CT molecular complexity index is 136. The van der Waals surface area contributed by atoms with Crippen molar-refractivity contribution in [1.29, 1.82) is 0 Å². The van der Waals surface area contributed by atoms with Crippen LogP contribution in [0.5, 0.6) is 0 Å². The van der Waals surface area contributed by atoms with Crippen LogP contribution < -0.4 is 11.1 Å². The van der Waals surface area contributed by atoms with Crippen molar-refractivity contribution >= 4 is 0 Å². The van der Waals surface area contributed by atoms with Gasteiger partial charge in [-0.05, 0) is 39.8 Å². The normalized spacial score (nSPS) is 27.8. The van der Waals surface area contributed by atoms with E-state index in [1.807, 2.05) is 0 Å². The van der Waals surface area contributed by atoms with E-state index in [1.54, 1.807) is 0 Å². The van der Waals surface area contributed by atoms with E-state index in [-0.39, 0.29) is 5.54 Å². The van der Waals surface area contributed by atoms with Gasteiger partial charge in [0, 0.05) is 12.1 Å². The summed E-state index contributed by atoms with van der Waals surface area (Å²) < 4.78 is 5.72. The summed E-state index contributed by atoms with van der Waals surface area (Å²) in [7, 11) is 0. The Kier molecular flexibility index (Phi) is 3.50. The maximum absolute atomic E-state index is 5.72. The summed E-state index contributed by atoms with van der Waals surface area (Å²) in [5, 5.41) is 3.42. The molecule has 3 nitrogen and oxygen atoms in total. The predicted octanol–water partition coefficient (Wildman–Crippen LogP) is 0.492. The second-order valence-corrected chi connectivity index (χ2v) is 3.94. The Hall–Kier alpha value is -0.120. The lowest BCUT2D eigenvalue weighted by Crippen LogP contribution is -2.42. The molecule has 0 aromatic heterocycles. The lowest BCUT2D eigenvalue weighted by atomic mass is 10.00. The topological polar surface area (TPSA) is 47.3 Å². The zero-order valence-electron chi connectivity index (χ0n) is 8.10. The minimum atomic E-state index is 0.147. The molecule has 0 saturated carbocycles. The molecule has 0 aromatic carbocycles. The summed E-state index contributed by atoms with van der Waals surface area (Å²) in [4.78, 5) is 0. The lowest BCUT2D eigenvalue weighted by Gasteiger charge is -2.27. The second kappa shape index (κ2) is 4.21. The molecular weight excluding hydrogens is 152 g/mol. The highest BCUT2D eigenvalue weighted by molar-refractivity contribution is 4.93. The molecule has 1 aliphatic rings. The molecular formula is C9H20N2O. The largest absolute Gasteiger partial charge is 0.376 e. The highest BCUT2D eigenvalue weighted by Crippen LogP contribution is 2.21. The van der Waals surface area contributed by atoms with Gasteiger partial charge in [-0.15, -0.1) is 0 Å². The Morgan fingerprint density at radius 2 is 2.33 bits per heavy atom. The molecule has 72 valence electrons. The lowest BCUT2D eigenvalue weighted by molar-refractivity contribution is 0.0201. The van der Waals surface area contributed by atoms with Gasteiger partial charge in [0.15, 0.2) is 0 Å². The highest BCUT2D eigenvalue weighted by atomic mass is 16.5. The van der Waals surface area contributed by atoms with Gasteiger partial charge in [0.2, 0.25) is 0 Å². The van der Waals surface area contributed by atoms with Crippen LogP contribution in [0.1, 0.15) is 26.7 Å². The molecule has 0 aliphatic carbocycles. The van der Waals surface area contributed by atoms with Crippen LogP contribution in [-0.2, 0) is 4.74 Å². The molecule has 1 unspecified atom stereocenters. The quantitative estimate of drug-likeness (QED) is 0.607. The van der Waals surface area contributed by atoms with Crippen molar-refractivity contribution < 1.29 is 4.74 Å². The van der Waals surface area contributed by atoms with Crippen molar-refractivity contribution in [2.24, 2.45) is 5.73 Å². The number of hydrogen-bond donors (Lipinski definition) is 2. The van der Waals surface area contributed by atoms with Gasteiger partial charge in [-0.2, -0.15) is 0 Å². The van der Waals surface area contributed by atoms with Gasteiger partial charge in [-0.3, -0.25) is 0 Å². The Morgan fingerprint density at radius 1 is 1.58 bits per heavy atom. The van der Waals surface area contributed by atoms with Gasteiger partial charge in [0.1, 0.15) is 0 Å². The summed E-state index contributed by atoms with van der Waals surface area (Å²) in [6.45, 7) is 6.97. The van der Waals surface area contributed by atoms with Gasteiger partial charge >= 0.3 is 0 Å². The fourth-order valence-corrected chi connectivity index (χ4v) is 1.60. The van der Waals surface area contributed by atoms with E-state index >= 15 is 0 Å². The molecule has 1 aliphatic heterocycles. The second-order valence-electron chi connectivity index (χ2n) is 3.94. The summed E-state index contributed by atoms with van der Waals surface area (Å²) in [5.74, 6) is 0. The molecule has 1 heterocycles. The maximum Gasteiger partial charge on any atom is 0.0763 e. The first-order valence-electron chi connectivity index (χ1n) is 4.73. The summed E-state index contributed by atoms with van der Waals surface area (Å²) >= 11 is 0. The third kappa shape index (κ3) is 2.44. The SMILES string of the molecule is CC1(C)NCCC1OCCCN. The molecule has 0 radical (unpaired) electrons. The van der Waals surface area contributed by atoms with E-state index in [1.165, 1.54) is 0 Å². The molecule has 3 heteroatoms. The van der Waals surface area contributed by atoms with Crippen LogP contribution in [0.4, 0.5) is 0 Å². The number of ether oxygens (including phenoxy) is 1. The molecule has 1 fully saturated rings. The zero-order chi connectivity index (χ0) is 9.03. The minimum absolute atomic E-state index is 0.147. The predicted molar refractivity (Wildman–Crippen MR) is 50.1 cm³/mol. The van der Waals surface area contributed by atoms with Crippen LogP contribution in [0.2, 0.25) is 0 Å². The van der Waals surface area contributed by atoms with Gasteiger partial charge < -0.3 is 15.8 Å². The van der Waals surface area contributed by atoms with Crippen molar-refractivity contribution in [2.45, 2.75) is 38.3 Å². The number of nitrogens with one attached hydrogen (secondary N) is 1. The van der Waals surface area contributed by atoms with Gasteiger partial charge in [-0.1, -0.05) is 0 Å². The van der Waals surface area contributed by atoms with E-state index in [0.29, 0.717) is 6.10 Å². The molecule has 3 N–H and O–H groups in total. The summed E-state index contributed by atoms with van der Waals surface area (Å²) in [5.41, 5.74) is 5.53. The van der Waals surface area contributed by atoms with Crippen LogP contribution in [0.25, 0.3) is 0 Å². The Morgan fingerprint density at radius 3 is 2.83 bits per heavy atom. The third-order valence-corrected chi connectivity index (χ3v) is 2.46. The van der Waals surface area contributed by atoms with Crippen molar-refractivity contribution in [1.82, 2.24) is 5.32 Å². The third-order valence-electron chi connectivity index (χ3n) is 2.46. The van der Waals surface area contributed by atoms with Crippen LogP contribution in [0, 0.1) is 0 Å². The fraction of sp³-hybridized carbons (Fsp3) is 1.00. The molecule has 1 atom stereocenters. The van der Waals surface area contributed by atoms with Crippen LogP contribution >= 0.6 is 0 Å². The number of hydrogen-bond acceptors (Lipinski definition) is 3. The summed E-state index contributed by atoms with van der Waals surface area (Å²) in [6, 6.07) is 0. The highest BCUT2D eigenvalue weighted by Gasteiger charge is 2.34. The molecule has 1 saturated heterocycles. The average Bonchev–Trinajstić information content (AvgIpc) is 2.32. The van der Waals surface area contributed by atoms with Crippen molar-refractivity contribution in [3.63, 3.8) is 0 Å². The molecule has 1 rings (SSSR count). The zero-order valence-corrected chi connectivity index (χ0v) is 8.10. The van der Waals surface area contributed by atoms with Crippen molar-refractivity contribution in [3.8, 4) is 0 Å². The molecule has 0 amide bonds. The van der Waals surface area contributed by atoms with Crippen molar-refractivity contribution in [3.05, 3.63) is 0 Å². The van der Waals surface area contributed by atoms with Crippen LogP contribution in [0.3, 0.4) is 0 Å². The van der Waals surface area contributed by atoms with E-state index < -0.39 is 0 Å². The molecule has 0 bridgehead atoms. The maximum atomic E-state index is 5.72. The van der Waals surface area contributed by atoms with E-state index in [9.17, 15) is 0 Å². The van der Waals surface area contributed by atoms with Gasteiger partial charge in [0.25, 0.3) is 0 Å². The van der Waals surface area contributed by atoms with E-state index in [2.05, 4.69) is 19.2 Å².